The summed E-state index contributed by atoms with van der Waals surface area (Å²) in [7, 11) is 0. The second-order valence-corrected chi connectivity index (χ2v) is 5.69. The fourth-order valence-corrected chi connectivity index (χ4v) is 3.04. The Bertz CT molecular complexity index is 619. The third-order valence-electron chi connectivity index (χ3n) is 3.89. The summed E-state index contributed by atoms with van der Waals surface area (Å²) in [6, 6.07) is 11.6. The highest BCUT2D eigenvalue weighted by Crippen LogP contribution is 2.33. The van der Waals surface area contributed by atoms with Crippen molar-refractivity contribution >= 4 is 11.6 Å². The number of hydrogen-bond acceptors (Lipinski definition) is 0. The normalized spacial score (nSPS) is 15.3. The predicted molar refractivity (Wildman–Crippen MR) is 77.3 cm³/mol. The van der Waals surface area contributed by atoms with Crippen LogP contribution in [0.3, 0.4) is 0 Å². The van der Waals surface area contributed by atoms with Gasteiger partial charge in [-0.25, -0.2) is 4.39 Å². The Hall–Kier alpha value is -1.34. The van der Waals surface area contributed by atoms with Gasteiger partial charge in [-0.15, -0.1) is 11.6 Å². The fourth-order valence-electron chi connectivity index (χ4n) is 2.77. The number of rotatable bonds is 2. The minimum Gasteiger partial charge on any atom is -0.207 e. The molecule has 0 amide bonds. The first-order valence-corrected chi connectivity index (χ1v) is 7.10. The van der Waals surface area contributed by atoms with Crippen LogP contribution in [-0.4, -0.2) is 0 Å². The van der Waals surface area contributed by atoms with Gasteiger partial charge in [0.1, 0.15) is 5.82 Å². The lowest BCUT2D eigenvalue weighted by molar-refractivity contribution is 0.617. The van der Waals surface area contributed by atoms with E-state index in [0.29, 0.717) is 5.56 Å². The van der Waals surface area contributed by atoms with Crippen molar-refractivity contribution in [2.24, 2.45) is 0 Å². The van der Waals surface area contributed by atoms with Crippen molar-refractivity contribution < 1.29 is 4.39 Å². The van der Waals surface area contributed by atoms with E-state index in [1.54, 1.807) is 13.0 Å². The summed E-state index contributed by atoms with van der Waals surface area (Å²) in [5.41, 5.74) is 5.57. The number of halogens is 2. The molecule has 0 saturated heterocycles. The molecule has 0 N–H and O–H groups in total. The summed E-state index contributed by atoms with van der Waals surface area (Å²) < 4.78 is 13.3. The van der Waals surface area contributed by atoms with Crippen molar-refractivity contribution in [3.05, 3.63) is 70.0 Å². The molecule has 1 atom stereocenters. The zero-order chi connectivity index (χ0) is 13.4. The van der Waals surface area contributed by atoms with Gasteiger partial charge in [-0.1, -0.05) is 30.3 Å². The molecular formula is C17H16ClF. The maximum Gasteiger partial charge on any atom is 0.126 e. The molecule has 0 heterocycles. The van der Waals surface area contributed by atoms with Crippen LogP contribution in [0.4, 0.5) is 4.39 Å². The van der Waals surface area contributed by atoms with Crippen molar-refractivity contribution in [3.8, 4) is 0 Å². The first kappa shape index (κ1) is 12.7. The molecule has 0 bridgehead atoms. The smallest absolute Gasteiger partial charge is 0.126 e. The Balaban J connectivity index is 1.94. The summed E-state index contributed by atoms with van der Waals surface area (Å²) in [6.07, 6.45) is 3.56. The van der Waals surface area contributed by atoms with E-state index in [0.717, 1.165) is 17.5 Å². The van der Waals surface area contributed by atoms with Crippen LogP contribution in [0.1, 0.15) is 39.6 Å². The van der Waals surface area contributed by atoms with E-state index >= 15 is 0 Å². The Kier molecular flexibility index (Phi) is 3.32. The zero-order valence-corrected chi connectivity index (χ0v) is 11.7. The van der Waals surface area contributed by atoms with Crippen LogP contribution in [0.5, 0.6) is 0 Å². The summed E-state index contributed by atoms with van der Waals surface area (Å²) in [5.74, 6) is -0.179. The number of fused-ring (bicyclic) bond motifs is 1. The van der Waals surface area contributed by atoms with E-state index in [4.69, 9.17) is 11.6 Å². The molecule has 98 valence electrons. The van der Waals surface area contributed by atoms with Crippen LogP contribution in [0.15, 0.2) is 36.4 Å². The molecule has 1 unspecified atom stereocenters. The molecule has 19 heavy (non-hydrogen) atoms. The molecule has 1 aliphatic carbocycles. The maximum absolute atomic E-state index is 13.3. The van der Waals surface area contributed by atoms with E-state index in [1.165, 1.54) is 30.0 Å². The Morgan fingerprint density at radius 1 is 1.00 bits per heavy atom. The van der Waals surface area contributed by atoms with E-state index in [2.05, 4.69) is 18.2 Å². The Labute approximate surface area is 118 Å². The fraction of sp³-hybridized carbons (Fsp3) is 0.294. The van der Waals surface area contributed by atoms with Gasteiger partial charge in [-0.05, 0) is 60.1 Å². The average molecular weight is 275 g/mol. The van der Waals surface area contributed by atoms with E-state index < -0.39 is 0 Å². The van der Waals surface area contributed by atoms with Crippen LogP contribution in [0, 0.1) is 12.7 Å². The van der Waals surface area contributed by atoms with Crippen molar-refractivity contribution in [2.45, 2.75) is 31.6 Å². The summed E-state index contributed by atoms with van der Waals surface area (Å²) in [5, 5.41) is -0.204. The van der Waals surface area contributed by atoms with Crippen molar-refractivity contribution in [1.82, 2.24) is 0 Å². The topological polar surface area (TPSA) is 0 Å². The average Bonchev–Trinajstić information content (AvgIpc) is 2.88. The minimum atomic E-state index is -0.204. The second kappa shape index (κ2) is 4.97. The largest absolute Gasteiger partial charge is 0.207 e. The lowest BCUT2D eigenvalue weighted by Crippen LogP contribution is -1.96. The number of hydrogen-bond donors (Lipinski definition) is 0. The zero-order valence-electron chi connectivity index (χ0n) is 10.9. The standard InChI is InChI=1S/C17H16ClF/c1-11-9-14(7-8-16(11)19)17(18)15-6-5-12-3-2-4-13(12)10-15/h5-10,17H,2-4H2,1H3. The van der Waals surface area contributed by atoms with Crippen molar-refractivity contribution in [1.29, 1.82) is 0 Å². The third-order valence-corrected chi connectivity index (χ3v) is 4.39. The molecular weight excluding hydrogens is 259 g/mol. The molecule has 0 aromatic heterocycles. The SMILES string of the molecule is Cc1cc(C(Cl)c2ccc3c(c2)CCC3)ccc1F. The van der Waals surface area contributed by atoms with E-state index in [1.807, 2.05) is 6.07 Å². The molecule has 2 heteroatoms. The monoisotopic (exact) mass is 274 g/mol. The quantitative estimate of drug-likeness (QED) is 0.680. The van der Waals surface area contributed by atoms with Gasteiger partial charge in [0.25, 0.3) is 0 Å². The molecule has 1 aliphatic rings. The van der Waals surface area contributed by atoms with Crippen LogP contribution < -0.4 is 0 Å². The first-order chi connectivity index (χ1) is 9.15. The Morgan fingerprint density at radius 2 is 1.68 bits per heavy atom. The van der Waals surface area contributed by atoms with Crippen LogP contribution in [-0.2, 0) is 12.8 Å². The van der Waals surface area contributed by atoms with E-state index in [9.17, 15) is 4.39 Å². The van der Waals surface area contributed by atoms with Crippen molar-refractivity contribution in [2.75, 3.05) is 0 Å². The van der Waals surface area contributed by atoms with Gasteiger partial charge < -0.3 is 0 Å². The summed E-state index contributed by atoms with van der Waals surface area (Å²) in [4.78, 5) is 0. The molecule has 2 aromatic rings. The van der Waals surface area contributed by atoms with Gasteiger partial charge in [-0.3, -0.25) is 0 Å². The highest BCUT2D eigenvalue weighted by atomic mass is 35.5. The van der Waals surface area contributed by atoms with Gasteiger partial charge in [0.05, 0.1) is 5.38 Å². The minimum absolute atomic E-state index is 0.179. The molecule has 2 aromatic carbocycles. The Morgan fingerprint density at radius 3 is 2.47 bits per heavy atom. The maximum atomic E-state index is 13.3. The molecule has 0 radical (unpaired) electrons. The van der Waals surface area contributed by atoms with Gasteiger partial charge in [0, 0.05) is 0 Å². The van der Waals surface area contributed by atoms with Gasteiger partial charge >= 0.3 is 0 Å². The highest BCUT2D eigenvalue weighted by molar-refractivity contribution is 6.22. The van der Waals surface area contributed by atoms with Crippen molar-refractivity contribution in [3.63, 3.8) is 0 Å². The lowest BCUT2D eigenvalue weighted by Gasteiger charge is -2.13. The molecule has 3 rings (SSSR count). The van der Waals surface area contributed by atoms with E-state index in [-0.39, 0.29) is 11.2 Å². The van der Waals surface area contributed by atoms with Gasteiger partial charge in [0.15, 0.2) is 0 Å². The first-order valence-electron chi connectivity index (χ1n) is 6.67. The molecule has 0 saturated carbocycles. The molecule has 0 nitrogen and oxygen atoms in total. The van der Waals surface area contributed by atoms with Crippen LogP contribution in [0.2, 0.25) is 0 Å². The highest BCUT2D eigenvalue weighted by Gasteiger charge is 2.16. The van der Waals surface area contributed by atoms with Gasteiger partial charge in [0.2, 0.25) is 0 Å². The lowest BCUT2D eigenvalue weighted by atomic mass is 9.99. The summed E-state index contributed by atoms with van der Waals surface area (Å²) >= 11 is 6.54. The number of benzene rings is 2. The summed E-state index contributed by atoms with van der Waals surface area (Å²) in [6.45, 7) is 1.77. The molecule has 0 fully saturated rings. The number of aryl methyl sites for hydroxylation is 3. The van der Waals surface area contributed by atoms with Crippen LogP contribution >= 0.6 is 11.6 Å². The molecule has 0 spiro atoms. The molecule has 0 aliphatic heterocycles. The number of alkyl halides is 1. The van der Waals surface area contributed by atoms with Crippen LogP contribution in [0.25, 0.3) is 0 Å². The predicted octanol–water partition coefficient (Wildman–Crippen LogP) is 4.95. The second-order valence-electron chi connectivity index (χ2n) is 5.25. The third kappa shape index (κ3) is 2.40. The van der Waals surface area contributed by atoms with Gasteiger partial charge in [-0.2, -0.15) is 0 Å².